The van der Waals surface area contributed by atoms with Gasteiger partial charge in [-0.3, -0.25) is 14.2 Å². The lowest BCUT2D eigenvalue weighted by molar-refractivity contribution is -0.137. The van der Waals surface area contributed by atoms with Crippen LogP contribution in [0.3, 0.4) is 0 Å². The largest absolute Gasteiger partial charge is 0.418 e. The summed E-state index contributed by atoms with van der Waals surface area (Å²) in [6.07, 6.45) is -3.45. The normalized spacial score (nSPS) is 11.5. The first-order valence-corrected chi connectivity index (χ1v) is 7.46. The van der Waals surface area contributed by atoms with Crippen molar-refractivity contribution < 1.29 is 18.0 Å². The number of nitrogens with two attached hydrogens (primary N) is 1. The van der Waals surface area contributed by atoms with Gasteiger partial charge in [0, 0.05) is 5.69 Å². The van der Waals surface area contributed by atoms with E-state index in [1.807, 2.05) is 0 Å². The molecule has 0 atom stereocenters. The van der Waals surface area contributed by atoms with E-state index in [4.69, 9.17) is 5.73 Å². The SMILES string of the molecule is Nc1ccc2ncn(CC(=O)Nc3ccccc3C(F)(F)F)c(=O)c2c1. The lowest BCUT2D eigenvalue weighted by atomic mass is 10.1. The number of carbonyl (C=O) groups excluding carboxylic acids is 1. The molecule has 0 aliphatic carbocycles. The van der Waals surface area contributed by atoms with Crippen LogP contribution in [0.1, 0.15) is 5.56 Å². The summed E-state index contributed by atoms with van der Waals surface area (Å²) < 4.78 is 39.9. The van der Waals surface area contributed by atoms with Crippen molar-refractivity contribution in [3.8, 4) is 0 Å². The van der Waals surface area contributed by atoms with Gasteiger partial charge >= 0.3 is 6.18 Å². The van der Waals surface area contributed by atoms with Crippen molar-refractivity contribution in [2.45, 2.75) is 12.7 Å². The van der Waals surface area contributed by atoms with E-state index >= 15 is 0 Å². The lowest BCUT2D eigenvalue weighted by Crippen LogP contribution is -2.28. The van der Waals surface area contributed by atoms with Gasteiger partial charge in [-0.2, -0.15) is 13.2 Å². The van der Waals surface area contributed by atoms with Crippen LogP contribution in [0, 0.1) is 0 Å². The Bertz CT molecular complexity index is 1040. The predicted molar refractivity (Wildman–Crippen MR) is 90.5 cm³/mol. The van der Waals surface area contributed by atoms with Crippen LogP contribution < -0.4 is 16.6 Å². The third-order valence-corrected chi connectivity index (χ3v) is 3.67. The highest BCUT2D eigenvalue weighted by Gasteiger charge is 2.33. The molecule has 0 fully saturated rings. The molecule has 0 bridgehead atoms. The summed E-state index contributed by atoms with van der Waals surface area (Å²) in [5.74, 6) is -0.783. The molecular weight excluding hydrogens is 349 g/mol. The van der Waals surface area contributed by atoms with Crippen LogP contribution in [0.2, 0.25) is 0 Å². The summed E-state index contributed by atoms with van der Waals surface area (Å²) in [7, 11) is 0. The van der Waals surface area contributed by atoms with E-state index in [0.717, 1.165) is 23.0 Å². The number of alkyl halides is 3. The van der Waals surface area contributed by atoms with Crippen LogP contribution in [0.25, 0.3) is 10.9 Å². The van der Waals surface area contributed by atoms with Crippen LogP contribution in [0.5, 0.6) is 0 Å². The van der Waals surface area contributed by atoms with E-state index in [9.17, 15) is 22.8 Å². The van der Waals surface area contributed by atoms with Gasteiger partial charge in [0.05, 0.1) is 28.5 Å². The maximum absolute atomic E-state index is 13.0. The first-order chi connectivity index (χ1) is 12.3. The zero-order valence-electron chi connectivity index (χ0n) is 13.2. The molecule has 0 unspecified atom stereocenters. The first-order valence-electron chi connectivity index (χ1n) is 7.46. The fraction of sp³-hybridized carbons (Fsp3) is 0.118. The van der Waals surface area contributed by atoms with Gasteiger partial charge in [-0.1, -0.05) is 12.1 Å². The van der Waals surface area contributed by atoms with Gasteiger partial charge in [0.15, 0.2) is 0 Å². The van der Waals surface area contributed by atoms with E-state index < -0.39 is 29.8 Å². The molecule has 3 N–H and O–H groups in total. The summed E-state index contributed by atoms with van der Waals surface area (Å²) in [4.78, 5) is 28.6. The minimum Gasteiger partial charge on any atom is -0.399 e. The van der Waals surface area contributed by atoms with E-state index in [1.54, 1.807) is 12.1 Å². The van der Waals surface area contributed by atoms with Gasteiger partial charge in [0.1, 0.15) is 6.54 Å². The Balaban J connectivity index is 1.87. The Kier molecular flexibility index (Phi) is 4.37. The van der Waals surface area contributed by atoms with Crippen LogP contribution in [-0.2, 0) is 17.5 Å². The fourth-order valence-electron chi connectivity index (χ4n) is 2.47. The highest BCUT2D eigenvalue weighted by molar-refractivity contribution is 5.91. The van der Waals surface area contributed by atoms with E-state index in [-0.39, 0.29) is 11.1 Å². The van der Waals surface area contributed by atoms with Crippen LogP contribution in [0.4, 0.5) is 24.5 Å². The monoisotopic (exact) mass is 362 g/mol. The van der Waals surface area contributed by atoms with Crippen LogP contribution in [0.15, 0.2) is 53.6 Å². The standard InChI is InChI=1S/C17H13F3N4O2/c18-17(19,20)12-3-1-2-4-14(12)23-15(25)8-24-9-22-13-6-5-10(21)7-11(13)16(24)26/h1-7,9H,8,21H2,(H,23,25). The molecule has 3 rings (SSSR count). The molecular formula is C17H13F3N4O2. The van der Waals surface area contributed by atoms with Crippen LogP contribution >= 0.6 is 0 Å². The summed E-state index contributed by atoms with van der Waals surface area (Å²) in [6.45, 7) is -0.483. The number of nitrogens with one attached hydrogen (secondary N) is 1. The number of nitrogen functional groups attached to an aromatic ring is 1. The number of aromatic nitrogens is 2. The first kappa shape index (κ1) is 17.5. The Morgan fingerprint density at radius 3 is 2.65 bits per heavy atom. The summed E-state index contributed by atoms with van der Waals surface area (Å²) in [6, 6.07) is 9.18. The third kappa shape index (κ3) is 3.51. The number of amides is 1. The average Bonchev–Trinajstić information content (AvgIpc) is 2.57. The van der Waals surface area contributed by atoms with Gasteiger partial charge in [0.2, 0.25) is 5.91 Å². The van der Waals surface area contributed by atoms with Gasteiger partial charge < -0.3 is 11.1 Å². The maximum atomic E-state index is 13.0. The molecule has 1 heterocycles. The molecule has 0 saturated carbocycles. The second-order valence-electron chi connectivity index (χ2n) is 5.55. The average molecular weight is 362 g/mol. The summed E-state index contributed by atoms with van der Waals surface area (Å²) in [5, 5.41) is 2.40. The van der Waals surface area contributed by atoms with Crippen molar-refractivity contribution in [3.05, 3.63) is 64.7 Å². The number of rotatable bonds is 3. The highest BCUT2D eigenvalue weighted by Crippen LogP contribution is 2.34. The smallest absolute Gasteiger partial charge is 0.399 e. The molecule has 1 amide bonds. The van der Waals surface area contributed by atoms with E-state index in [1.165, 1.54) is 18.2 Å². The molecule has 3 aromatic rings. The lowest BCUT2D eigenvalue weighted by Gasteiger charge is -2.14. The maximum Gasteiger partial charge on any atom is 0.418 e. The Morgan fingerprint density at radius 1 is 1.19 bits per heavy atom. The molecule has 6 nitrogen and oxygen atoms in total. The van der Waals surface area contributed by atoms with Gasteiger partial charge in [-0.25, -0.2) is 4.98 Å². The molecule has 0 aliphatic rings. The molecule has 0 radical (unpaired) electrons. The van der Waals surface area contributed by atoms with Crippen molar-refractivity contribution in [1.29, 1.82) is 0 Å². The second kappa shape index (κ2) is 6.51. The Labute approximate surface area is 145 Å². The number of nitrogens with zero attached hydrogens (tertiary/aromatic N) is 2. The molecule has 9 heteroatoms. The van der Waals surface area contributed by atoms with Crippen molar-refractivity contribution in [3.63, 3.8) is 0 Å². The quantitative estimate of drug-likeness (QED) is 0.701. The topological polar surface area (TPSA) is 90.0 Å². The second-order valence-corrected chi connectivity index (χ2v) is 5.55. The van der Waals surface area contributed by atoms with Gasteiger partial charge in [0.25, 0.3) is 5.56 Å². The van der Waals surface area contributed by atoms with Crippen molar-refractivity contribution in [1.82, 2.24) is 9.55 Å². The minimum atomic E-state index is -4.61. The number of carbonyl (C=O) groups is 1. The van der Waals surface area contributed by atoms with Crippen LogP contribution in [-0.4, -0.2) is 15.5 Å². The molecule has 1 aromatic heterocycles. The zero-order valence-corrected chi connectivity index (χ0v) is 13.2. The Morgan fingerprint density at radius 2 is 1.92 bits per heavy atom. The molecule has 0 spiro atoms. The molecule has 2 aromatic carbocycles. The van der Waals surface area contributed by atoms with Gasteiger partial charge in [-0.05, 0) is 30.3 Å². The molecule has 0 aliphatic heterocycles. The Hall–Kier alpha value is -3.36. The predicted octanol–water partition coefficient (Wildman–Crippen LogP) is 2.64. The van der Waals surface area contributed by atoms with E-state index in [2.05, 4.69) is 10.3 Å². The summed E-state index contributed by atoms with van der Waals surface area (Å²) in [5.41, 5.74) is 4.55. The molecule has 26 heavy (non-hydrogen) atoms. The van der Waals surface area contributed by atoms with Crippen molar-refractivity contribution in [2.24, 2.45) is 0 Å². The highest BCUT2D eigenvalue weighted by atomic mass is 19.4. The zero-order chi connectivity index (χ0) is 18.9. The number of benzene rings is 2. The molecule has 134 valence electrons. The number of halogens is 3. The molecule has 0 saturated heterocycles. The van der Waals surface area contributed by atoms with Crippen molar-refractivity contribution in [2.75, 3.05) is 11.1 Å². The number of anilines is 2. The van der Waals surface area contributed by atoms with E-state index in [0.29, 0.717) is 11.2 Å². The summed E-state index contributed by atoms with van der Waals surface area (Å²) >= 11 is 0. The van der Waals surface area contributed by atoms with Crippen molar-refractivity contribution >= 4 is 28.2 Å². The number of fused-ring (bicyclic) bond motifs is 1. The number of para-hydroxylation sites is 1. The number of hydrogen-bond donors (Lipinski definition) is 2. The fourth-order valence-corrected chi connectivity index (χ4v) is 2.47. The number of hydrogen-bond acceptors (Lipinski definition) is 4. The third-order valence-electron chi connectivity index (χ3n) is 3.67. The minimum absolute atomic E-state index is 0.219. The van der Waals surface area contributed by atoms with Gasteiger partial charge in [-0.15, -0.1) is 0 Å².